The average Bonchev–Trinajstić information content (AvgIpc) is 2.65. The van der Waals surface area contributed by atoms with E-state index in [9.17, 15) is 4.79 Å². The summed E-state index contributed by atoms with van der Waals surface area (Å²) in [5.74, 6) is 0.138. The van der Waals surface area contributed by atoms with Gasteiger partial charge in [0.25, 0.3) is 0 Å². The van der Waals surface area contributed by atoms with Gasteiger partial charge in [0.1, 0.15) is 0 Å². The van der Waals surface area contributed by atoms with E-state index >= 15 is 0 Å². The standard InChI is InChI=1S/C10H16ClN3O2/c11-12-7-10(4-2-1-3-5-10)6-8-13-9(15)16-14-8/h12H,1-7H2,(H,13,14,15). The maximum Gasteiger partial charge on any atom is 0.438 e. The molecular formula is C10H16ClN3O2. The Labute approximate surface area is 98.7 Å². The lowest BCUT2D eigenvalue weighted by Gasteiger charge is -2.35. The Morgan fingerprint density at radius 2 is 2.19 bits per heavy atom. The predicted octanol–water partition coefficient (Wildman–Crippen LogP) is 1.60. The SMILES string of the molecule is O=c1[nH]c(CC2(CNCl)CCCCC2)no1. The predicted molar refractivity (Wildman–Crippen MR) is 60.2 cm³/mol. The molecule has 1 heterocycles. The van der Waals surface area contributed by atoms with Crippen molar-refractivity contribution >= 4 is 11.8 Å². The summed E-state index contributed by atoms with van der Waals surface area (Å²) in [6, 6.07) is 0. The second-order valence-corrected chi connectivity index (χ2v) is 4.86. The summed E-state index contributed by atoms with van der Waals surface area (Å²) in [6.07, 6.45) is 6.64. The molecule has 0 amide bonds. The number of halogens is 1. The van der Waals surface area contributed by atoms with Crippen LogP contribution in [0.3, 0.4) is 0 Å². The number of rotatable bonds is 4. The molecule has 6 heteroatoms. The molecule has 16 heavy (non-hydrogen) atoms. The van der Waals surface area contributed by atoms with Crippen LogP contribution in [0.25, 0.3) is 0 Å². The van der Waals surface area contributed by atoms with Gasteiger partial charge in [-0.05, 0) is 30.0 Å². The molecule has 0 aliphatic heterocycles. The lowest BCUT2D eigenvalue weighted by atomic mass is 9.72. The molecule has 2 N–H and O–H groups in total. The largest absolute Gasteiger partial charge is 0.438 e. The minimum absolute atomic E-state index is 0.111. The first-order valence-corrected chi connectivity index (χ1v) is 6.00. The second-order valence-electron chi connectivity index (χ2n) is 4.59. The van der Waals surface area contributed by atoms with Gasteiger partial charge in [-0.3, -0.25) is 9.51 Å². The molecule has 1 aromatic heterocycles. The van der Waals surface area contributed by atoms with E-state index in [1.165, 1.54) is 19.3 Å². The Balaban J connectivity index is 2.09. The van der Waals surface area contributed by atoms with Crippen LogP contribution in [-0.2, 0) is 6.42 Å². The molecule has 0 saturated heterocycles. The van der Waals surface area contributed by atoms with Crippen molar-refractivity contribution in [2.45, 2.75) is 38.5 Å². The van der Waals surface area contributed by atoms with Crippen LogP contribution in [0.4, 0.5) is 0 Å². The van der Waals surface area contributed by atoms with Gasteiger partial charge < -0.3 is 0 Å². The van der Waals surface area contributed by atoms with Gasteiger partial charge >= 0.3 is 5.76 Å². The highest BCUT2D eigenvalue weighted by Gasteiger charge is 2.33. The van der Waals surface area contributed by atoms with Crippen molar-refractivity contribution in [3.8, 4) is 0 Å². The van der Waals surface area contributed by atoms with Crippen molar-refractivity contribution in [1.82, 2.24) is 15.0 Å². The molecule has 1 saturated carbocycles. The Kier molecular flexibility index (Phi) is 3.66. The number of aromatic amines is 1. The molecule has 90 valence electrons. The zero-order valence-electron chi connectivity index (χ0n) is 9.09. The lowest BCUT2D eigenvalue weighted by Crippen LogP contribution is -2.35. The van der Waals surface area contributed by atoms with E-state index in [0.29, 0.717) is 5.82 Å². The van der Waals surface area contributed by atoms with Crippen molar-refractivity contribution in [3.63, 3.8) is 0 Å². The van der Waals surface area contributed by atoms with Crippen LogP contribution in [0.5, 0.6) is 0 Å². The summed E-state index contributed by atoms with van der Waals surface area (Å²) in [4.78, 5) is 16.2. The number of hydrogen-bond donors (Lipinski definition) is 2. The van der Waals surface area contributed by atoms with Gasteiger partial charge in [-0.15, -0.1) is 0 Å². The highest BCUT2D eigenvalue weighted by Crippen LogP contribution is 2.38. The van der Waals surface area contributed by atoms with E-state index in [2.05, 4.69) is 19.5 Å². The van der Waals surface area contributed by atoms with E-state index in [1.54, 1.807) is 0 Å². The van der Waals surface area contributed by atoms with Crippen molar-refractivity contribution < 1.29 is 4.52 Å². The van der Waals surface area contributed by atoms with Crippen molar-refractivity contribution in [2.24, 2.45) is 5.41 Å². The summed E-state index contributed by atoms with van der Waals surface area (Å²) in [7, 11) is 0. The topological polar surface area (TPSA) is 70.9 Å². The summed E-state index contributed by atoms with van der Waals surface area (Å²) in [6.45, 7) is 0.740. The first kappa shape index (κ1) is 11.7. The molecule has 0 spiro atoms. The minimum atomic E-state index is -0.486. The van der Waals surface area contributed by atoms with Gasteiger partial charge in [-0.1, -0.05) is 24.4 Å². The number of nitrogens with zero attached hydrogens (tertiary/aromatic N) is 1. The zero-order valence-corrected chi connectivity index (χ0v) is 9.85. The minimum Gasteiger partial charge on any atom is -0.296 e. The molecule has 2 rings (SSSR count). The monoisotopic (exact) mass is 245 g/mol. The Morgan fingerprint density at radius 1 is 1.44 bits per heavy atom. The van der Waals surface area contributed by atoms with Crippen LogP contribution in [0, 0.1) is 5.41 Å². The summed E-state index contributed by atoms with van der Waals surface area (Å²) in [5.41, 5.74) is 0.111. The first-order chi connectivity index (χ1) is 7.74. The van der Waals surface area contributed by atoms with Gasteiger partial charge in [-0.2, -0.15) is 0 Å². The molecule has 1 aliphatic carbocycles. The zero-order chi connectivity index (χ0) is 11.4. The highest BCUT2D eigenvalue weighted by atomic mass is 35.5. The maximum absolute atomic E-state index is 10.9. The number of aromatic nitrogens is 2. The Hall–Kier alpha value is -0.810. The van der Waals surface area contributed by atoms with E-state index in [-0.39, 0.29) is 5.41 Å². The normalized spacial score (nSPS) is 19.8. The third-order valence-electron chi connectivity index (χ3n) is 3.38. The molecule has 1 fully saturated rings. The second kappa shape index (κ2) is 5.01. The Morgan fingerprint density at radius 3 is 2.75 bits per heavy atom. The van der Waals surface area contributed by atoms with Gasteiger partial charge in [0, 0.05) is 13.0 Å². The molecule has 0 atom stereocenters. The Bertz CT molecular complexity index is 376. The molecule has 0 unspecified atom stereocenters. The van der Waals surface area contributed by atoms with Crippen LogP contribution >= 0.6 is 11.8 Å². The van der Waals surface area contributed by atoms with Gasteiger partial charge in [0.15, 0.2) is 5.82 Å². The molecule has 0 aromatic carbocycles. The van der Waals surface area contributed by atoms with E-state index in [4.69, 9.17) is 11.8 Å². The molecular weight excluding hydrogens is 230 g/mol. The van der Waals surface area contributed by atoms with E-state index in [0.717, 1.165) is 25.8 Å². The third kappa shape index (κ3) is 2.65. The fourth-order valence-corrected chi connectivity index (χ4v) is 2.83. The average molecular weight is 246 g/mol. The molecule has 0 bridgehead atoms. The van der Waals surface area contributed by atoms with Crippen LogP contribution in [0.1, 0.15) is 37.9 Å². The van der Waals surface area contributed by atoms with Crippen molar-refractivity contribution in [3.05, 3.63) is 16.4 Å². The smallest absolute Gasteiger partial charge is 0.296 e. The molecule has 1 aliphatic rings. The summed E-state index contributed by atoms with van der Waals surface area (Å²) < 4.78 is 4.51. The fourth-order valence-electron chi connectivity index (χ4n) is 2.55. The number of H-pyrrole nitrogens is 1. The van der Waals surface area contributed by atoms with Gasteiger partial charge in [0.2, 0.25) is 0 Å². The van der Waals surface area contributed by atoms with E-state index in [1.807, 2.05) is 0 Å². The summed E-state index contributed by atoms with van der Waals surface area (Å²) >= 11 is 5.63. The van der Waals surface area contributed by atoms with Crippen molar-refractivity contribution in [1.29, 1.82) is 0 Å². The fraction of sp³-hybridized carbons (Fsp3) is 0.800. The van der Waals surface area contributed by atoms with Crippen LogP contribution in [0.15, 0.2) is 9.32 Å². The van der Waals surface area contributed by atoms with Crippen molar-refractivity contribution in [2.75, 3.05) is 6.54 Å². The number of nitrogens with one attached hydrogen (secondary N) is 2. The summed E-state index contributed by atoms with van der Waals surface area (Å²) in [5, 5.41) is 3.72. The first-order valence-electron chi connectivity index (χ1n) is 5.62. The third-order valence-corrected chi connectivity index (χ3v) is 3.52. The molecule has 5 nitrogen and oxygen atoms in total. The quantitative estimate of drug-likeness (QED) is 0.791. The highest BCUT2D eigenvalue weighted by molar-refractivity contribution is 6.13. The van der Waals surface area contributed by atoms with Gasteiger partial charge in [-0.25, -0.2) is 9.63 Å². The number of hydrogen-bond acceptors (Lipinski definition) is 4. The van der Waals surface area contributed by atoms with Crippen LogP contribution in [-0.4, -0.2) is 16.7 Å². The maximum atomic E-state index is 10.9. The van der Waals surface area contributed by atoms with Gasteiger partial charge in [0.05, 0.1) is 0 Å². The van der Waals surface area contributed by atoms with Crippen LogP contribution < -0.4 is 10.6 Å². The molecule has 0 radical (unpaired) electrons. The van der Waals surface area contributed by atoms with E-state index < -0.39 is 5.76 Å². The van der Waals surface area contributed by atoms with Crippen LogP contribution in [0.2, 0.25) is 0 Å². The lowest BCUT2D eigenvalue weighted by molar-refractivity contribution is 0.186. The molecule has 1 aromatic rings.